The minimum Gasteiger partial charge on any atom is -0.493 e. The Morgan fingerprint density at radius 2 is 2.18 bits per heavy atom. The third kappa shape index (κ3) is 4.13. The molecule has 1 aliphatic rings. The molecule has 1 aromatic carbocycles. The van der Waals surface area contributed by atoms with E-state index in [1.165, 1.54) is 0 Å². The summed E-state index contributed by atoms with van der Waals surface area (Å²) in [4.78, 5) is 11.3. The van der Waals surface area contributed by atoms with Gasteiger partial charge in [0.1, 0.15) is 6.10 Å². The number of benzene rings is 1. The third-order valence-electron chi connectivity index (χ3n) is 4.00. The lowest BCUT2D eigenvalue weighted by molar-refractivity contribution is -0.146. The van der Waals surface area contributed by atoms with E-state index in [2.05, 4.69) is 5.32 Å². The molecule has 1 fully saturated rings. The van der Waals surface area contributed by atoms with E-state index in [0.29, 0.717) is 17.9 Å². The Morgan fingerprint density at radius 1 is 1.41 bits per heavy atom. The number of hydrogen-bond donors (Lipinski definition) is 2. The second-order valence-electron chi connectivity index (χ2n) is 6.44. The first-order chi connectivity index (χ1) is 10.4. The fourth-order valence-corrected chi connectivity index (χ4v) is 2.61. The molecule has 5 nitrogen and oxygen atoms in total. The van der Waals surface area contributed by atoms with E-state index in [0.717, 1.165) is 31.5 Å². The van der Waals surface area contributed by atoms with E-state index in [1.54, 1.807) is 21.0 Å². The smallest absolute Gasteiger partial charge is 0.309 e. The number of rotatable bonds is 6. The number of hydrogen-bond acceptors (Lipinski definition) is 4. The second kappa shape index (κ2) is 7.01. The van der Waals surface area contributed by atoms with Crippen LogP contribution in [0.5, 0.6) is 11.5 Å². The fourth-order valence-electron chi connectivity index (χ4n) is 2.61. The van der Waals surface area contributed by atoms with Crippen LogP contribution in [0.25, 0.3) is 0 Å². The monoisotopic (exact) mass is 307 g/mol. The van der Waals surface area contributed by atoms with Crippen molar-refractivity contribution in [3.8, 4) is 11.5 Å². The molecule has 5 heteroatoms. The van der Waals surface area contributed by atoms with E-state index in [4.69, 9.17) is 9.47 Å². The van der Waals surface area contributed by atoms with Crippen molar-refractivity contribution in [3.05, 3.63) is 23.8 Å². The molecule has 2 rings (SSSR count). The number of aliphatic carboxylic acids is 1. The van der Waals surface area contributed by atoms with Crippen molar-refractivity contribution in [2.45, 2.75) is 39.2 Å². The SMILES string of the molecule is COc1ccc(CC(C)(C)C(=O)O)cc1OC1CCCNC1. The van der Waals surface area contributed by atoms with Gasteiger partial charge in [0, 0.05) is 6.54 Å². The summed E-state index contributed by atoms with van der Waals surface area (Å²) in [6.45, 7) is 5.31. The first-order valence-electron chi connectivity index (χ1n) is 7.70. The molecule has 1 aromatic rings. The van der Waals surface area contributed by atoms with E-state index in [9.17, 15) is 9.90 Å². The van der Waals surface area contributed by atoms with Crippen LogP contribution in [0.3, 0.4) is 0 Å². The highest BCUT2D eigenvalue weighted by Gasteiger charge is 2.28. The van der Waals surface area contributed by atoms with Gasteiger partial charge in [-0.25, -0.2) is 0 Å². The lowest BCUT2D eigenvalue weighted by atomic mass is 9.86. The molecule has 0 aromatic heterocycles. The van der Waals surface area contributed by atoms with Crippen LogP contribution in [-0.2, 0) is 11.2 Å². The maximum atomic E-state index is 11.3. The summed E-state index contributed by atoms with van der Waals surface area (Å²) in [5.41, 5.74) is 0.130. The molecule has 0 amide bonds. The Balaban J connectivity index is 2.16. The Hall–Kier alpha value is -1.75. The molecule has 0 saturated carbocycles. The average Bonchev–Trinajstić information content (AvgIpc) is 2.48. The Morgan fingerprint density at radius 3 is 2.77 bits per heavy atom. The molecule has 1 atom stereocenters. The number of piperidine rings is 1. The minimum atomic E-state index is -0.807. The summed E-state index contributed by atoms with van der Waals surface area (Å²) in [7, 11) is 1.61. The summed E-state index contributed by atoms with van der Waals surface area (Å²) in [6.07, 6.45) is 2.69. The van der Waals surface area contributed by atoms with Crippen molar-refractivity contribution in [3.63, 3.8) is 0 Å². The highest BCUT2D eigenvalue weighted by atomic mass is 16.5. The van der Waals surface area contributed by atoms with Crippen molar-refractivity contribution < 1.29 is 19.4 Å². The molecule has 1 saturated heterocycles. The Labute approximate surface area is 131 Å². The molecule has 122 valence electrons. The number of carboxylic acid groups (broad SMARTS) is 1. The number of carboxylic acids is 1. The minimum absolute atomic E-state index is 0.130. The highest BCUT2D eigenvalue weighted by Crippen LogP contribution is 2.32. The van der Waals surface area contributed by atoms with Crippen molar-refractivity contribution in [1.29, 1.82) is 0 Å². The summed E-state index contributed by atoms with van der Waals surface area (Å²) in [5.74, 6) is 0.569. The summed E-state index contributed by atoms with van der Waals surface area (Å²) < 4.78 is 11.4. The van der Waals surface area contributed by atoms with Crippen LogP contribution < -0.4 is 14.8 Å². The fraction of sp³-hybridized carbons (Fsp3) is 0.588. The molecule has 0 bridgehead atoms. The second-order valence-corrected chi connectivity index (χ2v) is 6.44. The van der Waals surface area contributed by atoms with Crippen molar-refractivity contribution in [1.82, 2.24) is 5.32 Å². The van der Waals surface area contributed by atoms with E-state index >= 15 is 0 Å². The first-order valence-corrected chi connectivity index (χ1v) is 7.70. The lowest BCUT2D eigenvalue weighted by Crippen LogP contribution is -2.37. The van der Waals surface area contributed by atoms with Crippen LogP contribution in [0.15, 0.2) is 18.2 Å². The molecule has 1 heterocycles. The predicted octanol–water partition coefficient (Wildman–Crippen LogP) is 2.48. The summed E-state index contributed by atoms with van der Waals surface area (Å²) in [5, 5.41) is 12.6. The molecular weight excluding hydrogens is 282 g/mol. The van der Waals surface area contributed by atoms with Gasteiger partial charge in [0.15, 0.2) is 11.5 Å². The number of methoxy groups -OCH3 is 1. The largest absolute Gasteiger partial charge is 0.493 e. The van der Waals surface area contributed by atoms with Gasteiger partial charge >= 0.3 is 5.97 Å². The number of ether oxygens (including phenoxy) is 2. The van der Waals surface area contributed by atoms with Crippen LogP contribution >= 0.6 is 0 Å². The van der Waals surface area contributed by atoms with Crippen LogP contribution in [0, 0.1) is 5.41 Å². The van der Waals surface area contributed by atoms with Gasteiger partial charge < -0.3 is 19.9 Å². The third-order valence-corrected chi connectivity index (χ3v) is 4.00. The van der Waals surface area contributed by atoms with E-state index in [-0.39, 0.29) is 6.10 Å². The zero-order valence-corrected chi connectivity index (χ0v) is 13.5. The quantitative estimate of drug-likeness (QED) is 0.845. The molecule has 22 heavy (non-hydrogen) atoms. The van der Waals surface area contributed by atoms with Crippen molar-refractivity contribution in [2.75, 3.05) is 20.2 Å². The van der Waals surface area contributed by atoms with Gasteiger partial charge in [-0.3, -0.25) is 4.79 Å². The van der Waals surface area contributed by atoms with E-state index < -0.39 is 11.4 Å². The molecule has 2 N–H and O–H groups in total. The first kappa shape index (κ1) is 16.6. The molecule has 0 spiro atoms. The van der Waals surface area contributed by atoms with E-state index in [1.807, 2.05) is 18.2 Å². The number of nitrogens with one attached hydrogen (secondary N) is 1. The Kier molecular flexibility index (Phi) is 5.29. The van der Waals surface area contributed by atoms with Crippen molar-refractivity contribution in [2.24, 2.45) is 5.41 Å². The van der Waals surface area contributed by atoms with Crippen LogP contribution in [-0.4, -0.2) is 37.4 Å². The molecular formula is C17H25NO4. The highest BCUT2D eigenvalue weighted by molar-refractivity contribution is 5.74. The normalized spacial score (nSPS) is 18.8. The van der Waals surface area contributed by atoms with Crippen molar-refractivity contribution >= 4 is 5.97 Å². The van der Waals surface area contributed by atoms with Gasteiger partial charge in [0.25, 0.3) is 0 Å². The standard InChI is InChI=1S/C17H25NO4/c1-17(2,16(19)20)10-12-6-7-14(21-3)15(9-12)22-13-5-4-8-18-11-13/h6-7,9,13,18H,4-5,8,10-11H2,1-3H3,(H,19,20). The molecule has 1 unspecified atom stereocenters. The average molecular weight is 307 g/mol. The van der Waals surface area contributed by atoms with Gasteiger partial charge in [-0.05, 0) is 57.4 Å². The number of carbonyl (C=O) groups is 1. The van der Waals surface area contributed by atoms with Gasteiger partial charge in [0.2, 0.25) is 0 Å². The topological polar surface area (TPSA) is 67.8 Å². The van der Waals surface area contributed by atoms with Gasteiger partial charge in [-0.1, -0.05) is 6.07 Å². The molecule has 1 aliphatic heterocycles. The Bertz CT molecular complexity index is 521. The van der Waals surface area contributed by atoms with Crippen LogP contribution in [0.2, 0.25) is 0 Å². The molecule has 0 radical (unpaired) electrons. The van der Waals surface area contributed by atoms with Gasteiger partial charge in [-0.15, -0.1) is 0 Å². The van der Waals surface area contributed by atoms with Crippen LogP contribution in [0.1, 0.15) is 32.3 Å². The van der Waals surface area contributed by atoms with Crippen LogP contribution in [0.4, 0.5) is 0 Å². The van der Waals surface area contributed by atoms with Gasteiger partial charge in [-0.2, -0.15) is 0 Å². The summed E-state index contributed by atoms with van der Waals surface area (Å²) >= 11 is 0. The van der Waals surface area contributed by atoms with Gasteiger partial charge in [0.05, 0.1) is 12.5 Å². The lowest BCUT2D eigenvalue weighted by Gasteiger charge is -2.25. The summed E-state index contributed by atoms with van der Waals surface area (Å²) in [6, 6.07) is 5.65. The zero-order chi connectivity index (χ0) is 16.2. The zero-order valence-electron chi connectivity index (χ0n) is 13.5. The molecule has 0 aliphatic carbocycles. The predicted molar refractivity (Wildman–Crippen MR) is 84.6 cm³/mol. The maximum Gasteiger partial charge on any atom is 0.309 e. The maximum absolute atomic E-state index is 11.3.